The Bertz CT molecular complexity index is 589. The maximum absolute atomic E-state index is 12.2. The molecule has 1 fully saturated rings. The van der Waals surface area contributed by atoms with Crippen LogP contribution in [-0.2, 0) is 6.54 Å². The van der Waals surface area contributed by atoms with E-state index in [1.54, 1.807) is 25.2 Å². The minimum atomic E-state index is -2.47. The number of halogens is 3. The van der Waals surface area contributed by atoms with Gasteiger partial charge in [0.25, 0.3) is 6.43 Å². The Morgan fingerprint density at radius 1 is 1.32 bits per heavy atom. The predicted molar refractivity (Wildman–Crippen MR) is 121 cm³/mol. The number of hydrogen-bond acceptors (Lipinski definition) is 3. The molecule has 1 aliphatic rings. The van der Waals surface area contributed by atoms with Gasteiger partial charge in [-0.1, -0.05) is 18.6 Å². The zero-order valence-electron chi connectivity index (χ0n) is 16.8. The largest absolute Gasteiger partial charge is 0.488 e. The third kappa shape index (κ3) is 9.36. The monoisotopic (exact) mass is 510 g/mol. The summed E-state index contributed by atoms with van der Waals surface area (Å²) in [7, 11) is 1.74. The number of nitrogens with one attached hydrogen (secondary N) is 2. The number of likely N-dealkylation sites (tertiary alicyclic amines) is 1. The third-order valence-corrected chi connectivity index (χ3v) is 4.81. The van der Waals surface area contributed by atoms with Gasteiger partial charge in [-0.25, -0.2) is 8.78 Å². The van der Waals surface area contributed by atoms with Gasteiger partial charge in [-0.15, -0.1) is 24.0 Å². The summed E-state index contributed by atoms with van der Waals surface area (Å²) in [5.74, 6) is 1.19. The third-order valence-electron chi connectivity index (χ3n) is 4.81. The van der Waals surface area contributed by atoms with Crippen molar-refractivity contribution in [1.82, 2.24) is 15.5 Å². The van der Waals surface area contributed by atoms with Crippen LogP contribution in [0.5, 0.6) is 5.75 Å². The number of hydrogen-bond donors (Lipinski definition) is 2. The fourth-order valence-corrected chi connectivity index (χ4v) is 3.29. The van der Waals surface area contributed by atoms with Crippen LogP contribution in [0.3, 0.4) is 0 Å². The van der Waals surface area contributed by atoms with E-state index in [1.807, 2.05) is 6.07 Å². The Morgan fingerprint density at radius 2 is 2.14 bits per heavy atom. The lowest BCUT2D eigenvalue weighted by Crippen LogP contribution is -2.41. The van der Waals surface area contributed by atoms with E-state index in [0.717, 1.165) is 31.0 Å². The van der Waals surface area contributed by atoms with Crippen molar-refractivity contribution in [3.63, 3.8) is 0 Å². The summed E-state index contributed by atoms with van der Waals surface area (Å²) in [5, 5.41) is 6.58. The van der Waals surface area contributed by atoms with E-state index in [1.165, 1.54) is 25.8 Å². The van der Waals surface area contributed by atoms with Crippen LogP contribution >= 0.6 is 24.0 Å². The van der Waals surface area contributed by atoms with Crippen LogP contribution in [0.4, 0.5) is 8.78 Å². The summed E-state index contributed by atoms with van der Waals surface area (Å²) in [6.45, 7) is 5.45. The standard InChI is InChI=1S/C20H32F2N4O.HI/c1-16-7-3-4-11-26(16)12-6-10-24-20(23-2)25-14-17-8-5-9-18(13-17)27-15-19(21)22;/h5,8-9,13,16,19H,3-4,6-7,10-12,14-15H2,1-2H3,(H2,23,24,25);1H. The molecule has 1 aliphatic heterocycles. The van der Waals surface area contributed by atoms with Crippen molar-refractivity contribution < 1.29 is 13.5 Å². The summed E-state index contributed by atoms with van der Waals surface area (Å²) >= 11 is 0. The lowest BCUT2D eigenvalue weighted by atomic mass is 10.0. The van der Waals surface area contributed by atoms with Crippen LogP contribution in [0.25, 0.3) is 0 Å². The number of benzene rings is 1. The fraction of sp³-hybridized carbons (Fsp3) is 0.650. The molecule has 28 heavy (non-hydrogen) atoms. The molecule has 1 heterocycles. The van der Waals surface area contributed by atoms with E-state index in [0.29, 0.717) is 18.3 Å². The first kappa shape index (κ1) is 24.9. The number of guanidine groups is 1. The molecule has 0 saturated carbocycles. The molecule has 5 nitrogen and oxygen atoms in total. The molecule has 0 aromatic heterocycles. The van der Waals surface area contributed by atoms with E-state index in [9.17, 15) is 8.78 Å². The van der Waals surface area contributed by atoms with Crippen molar-refractivity contribution in [3.8, 4) is 5.75 Å². The molecule has 1 unspecified atom stereocenters. The Labute approximate surface area is 184 Å². The summed E-state index contributed by atoms with van der Waals surface area (Å²) in [5.41, 5.74) is 0.951. The molecule has 1 atom stereocenters. The average Bonchev–Trinajstić information content (AvgIpc) is 2.67. The molecule has 0 radical (unpaired) electrons. The molecule has 160 valence electrons. The second-order valence-corrected chi connectivity index (χ2v) is 6.94. The highest BCUT2D eigenvalue weighted by atomic mass is 127. The van der Waals surface area contributed by atoms with Gasteiger partial charge in [-0.3, -0.25) is 4.99 Å². The van der Waals surface area contributed by atoms with E-state index >= 15 is 0 Å². The Kier molecular flexibility index (Phi) is 12.4. The van der Waals surface area contributed by atoms with E-state index in [-0.39, 0.29) is 24.0 Å². The van der Waals surface area contributed by atoms with Gasteiger partial charge in [0, 0.05) is 32.7 Å². The number of rotatable bonds is 9. The van der Waals surface area contributed by atoms with Crippen LogP contribution in [0.1, 0.15) is 38.2 Å². The Hall–Kier alpha value is -1.16. The number of ether oxygens (including phenoxy) is 1. The van der Waals surface area contributed by atoms with Crippen LogP contribution in [0.15, 0.2) is 29.3 Å². The lowest BCUT2D eigenvalue weighted by Gasteiger charge is -2.33. The van der Waals surface area contributed by atoms with E-state index in [2.05, 4.69) is 27.4 Å². The van der Waals surface area contributed by atoms with E-state index in [4.69, 9.17) is 4.74 Å². The van der Waals surface area contributed by atoms with Gasteiger partial charge in [0.05, 0.1) is 0 Å². The van der Waals surface area contributed by atoms with Crippen molar-refractivity contribution >= 4 is 29.9 Å². The molecule has 1 saturated heterocycles. The normalized spacial score (nSPS) is 17.9. The van der Waals surface area contributed by atoms with Crippen molar-refractivity contribution in [3.05, 3.63) is 29.8 Å². The first-order valence-electron chi connectivity index (χ1n) is 9.77. The van der Waals surface area contributed by atoms with Gasteiger partial charge in [0.2, 0.25) is 0 Å². The number of piperidine rings is 1. The first-order chi connectivity index (χ1) is 13.1. The Balaban J connectivity index is 0.00000392. The summed E-state index contributed by atoms with van der Waals surface area (Å²) in [4.78, 5) is 6.80. The SMILES string of the molecule is CN=C(NCCCN1CCCCC1C)NCc1cccc(OCC(F)F)c1.I. The summed E-state index contributed by atoms with van der Waals surface area (Å²) < 4.78 is 29.5. The molecular weight excluding hydrogens is 477 g/mol. The number of nitrogens with zero attached hydrogens (tertiary/aromatic N) is 2. The van der Waals surface area contributed by atoms with E-state index < -0.39 is 13.0 Å². The second-order valence-electron chi connectivity index (χ2n) is 6.94. The summed E-state index contributed by atoms with van der Waals surface area (Å²) in [6, 6.07) is 7.86. The lowest BCUT2D eigenvalue weighted by molar-refractivity contribution is 0.0818. The van der Waals surface area contributed by atoms with Gasteiger partial charge >= 0.3 is 0 Å². The number of aliphatic imine (C=N–C) groups is 1. The molecule has 0 amide bonds. The van der Waals surface area contributed by atoms with Gasteiger partial charge in [-0.2, -0.15) is 0 Å². The summed E-state index contributed by atoms with van der Waals surface area (Å²) in [6.07, 6.45) is 2.56. The van der Waals surface area contributed by atoms with Crippen molar-refractivity contribution in [1.29, 1.82) is 0 Å². The van der Waals surface area contributed by atoms with Crippen molar-refractivity contribution in [2.75, 3.05) is 33.3 Å². The van der Waals surface area contributed by atoms with Crippen LogP contribution in [0, 0.1) is 0 Å². The van der Waals surface area contributed by atoms with Gasteiger partial charge in [0.1, 0.15) is 12.4 Å². The molecule has 1 aromatic carbocycles. The van der Waals surface area contributed by atoms with Gasteiger partial charge < -0.3 is 20.3 Å². The first-order valence-corrected chi connectivity index (χ1v) is 9.77. The highest BCUT2D eigenvalue weighted by Gasteiger charge is 2.17. The highest BCUT2D eigenvalue weighted by Crippen LogP contribution is 2.16. The van der Waals surface area contributed by atoms with Gasteiger partial charge in [-0.05, 0) is 50.4 Å². The molecule has 8 heteroatoms. The minimum Gasteiger partial charge on any atom is -0.488 e. The maximum Gasteiger partial charge on any atom is 0.272 e. The Morgan fingerprint density at radius 3 is 2.86 bits per heavy atom. The zero-order valence-corrected chi connectivity index (χ0v) is 19.1. The van der Waals surface area contributed by atoms with Gasteiger partial charge in [0.15, 0.2) is 5.96 Å². The molecule has 2 rings (SSSR count). The molecule has 0 aliphatic carbocycles. The molecule has 0 spiro atoms. The molecule has 1 aromatic rings. The zero-order chi connectivity index (χ0) is 19.5. The predicted octanol–water partition coefficient (Wildman–Crippen LogP) is 3.88. The smallest absolute Gasteiger partial charge is 0.272 e. The maximum atomic E-state index is 12.2. The van der Waals surface area contributed by atoms with Crippen LogP contribution in [-0.4, -0.2) is 56.6 Å². The molecule has 2 N–H and O–H groups in total. The second kappa shape index (κ2) is 13.9. The molecular formula is C20H33F2IN4O. The van der Waals surface area contributed by atoms with Crippen LogP contribution in [0.2, 0.25) is 0 Å². The van der Waals surface area contributed by atoms with Crippen molar-refractivity contribution in [2.45, 2.75) is 51.6 Å². The highest BCUT2D eigenvalue weighted by molar-refractivity contribution is 14.0. The van der Waals surface area contributed by atoms with Crippen molar-refractivity contribution in [2.24, 2.45) is 4.99 Å². The quantitative estimate of drug-likeness (QED) is 0.229. The topological polar surface area (TPSA) is 48.9 Å². The molecule has 0 bridgehead atoms. The average molecular weight is 510 g/mol. The minimum absolute atomic E-state index is 0. The fourth-order valence-electron chi connectivity index (χ4n) is 3.29. The van der Waals surface area contributed by atoms with Crippen LogP contribution < -0.4 is 15.4 Å². The number of alkyl halides is 2.